The van der Waals surface area contributed by atoms with Crippen LogP contribution >= 0.6 is 0 Å². The Labute approximate surface area is 163 Å². The maximum absolute atomic E-state index is 14.1. The summed E-state index contributed by atoms with van der Waals surface area (Å²) >= 11 is 0. The third kappa shape index (κ3) is 3.77. The lowest BCUT2D eigenvalue weighted by atomic mass is 9.91. The van der Waals surface area contributed by atoms with Crippen LogP contribution in [-0.4, -0.2) is 35.2 Å². The predicted octanol–water partition coefficient (Wildman–Crippen LogP) is 1.47. The Morgan fingerprint density at radius 2 is 1.79 bits per heavy atom. The van der Waals surface area contributed by atoms with E-state index in [0.717, 1.165) is 18.2 Å². The zero-order valence-corrected chi connectivity index (χ0v) is 15.2. The SMILES string of the molecule is C[C@@]1(c2cc(F)ccc2F)NC(=O)N(CC(=O)Nc2ccc(C(N)=O)cc2)C1=O. The molecular formula is C19H16F2N4O4. The van der Waals surface area contributed by atoms with E-state index in [4.69, 9.17) is 5.73 Å². The zero-order chi connectivity index (χ0) is 21.3. The van der Waals surface area contributed by atoms with Crippen LogP contribution in [0.2, 0.25) is 0 Å². The lowest BCUT2D eigenvalue weighted by Gasteiger charge is -2.22. The van der Waals surface area contributed by atoms with Gasteiger partial charge in [0.2, 0.25) is 11.8 Å². The van der Waals surface area contributed by atoms with E-state index in [1.807, 2.05) is 0 Å². The molecular weight excluding hydrogens is 386 g/mol. The zero-order valence-electron chi connectivity index (χ0n) is 15.2. The van der Waals surface area contributed by atoms with Crippen molar-refractivity contribution in [2.75, 3.05) is 11.9 Å². The van der Waals surface area contributed by atoms with Crippen molar-refractivity contribution in [3.05, 3.63) is 65.2 Å². The Morgan fingerprint density at radius 3 is 2.41 bits per heavy atom. The van der Waals surface area contributed by atoms with E-state index in [1.54, 1.807) is 0 Å². The molecule has 0 bridgehead atoms. The number of primary amides is 1. The standard InChI is InChI=1S/C19H16F2N4O4/c1-19(13-8-11(20)4-7-14(13)21)17(28)25(18(29)24-19)9-15(26)23-12-5-2-10(3-6-12)16(22)27/h2-8H,9H2,1H3,(H2,22,27)(H,23,26)(H,24,29)/t19-/m0/s1. The van der Waals surface area contributed by atoms with Crippen LogP contribution in [0, 0.1) is 11.6 Å². The van der Waals surface area contributed by atoms with Gasteiger partial charge in [-0.05, 0) is 49.4 Å². The highest BCUT2D eigenvalue weighted by atomic mass is 19.1. The van der Waals surface area contributed by atoms with E-state index in [2.05, 4.69) is 10.6 Å². The van der Waals surface area contributed by atoms with Crippen molar-refractivity contribution in [2.45, 2.75) is 12.5 Å². The fourth-order valence-corrected chi connectivity index (χ4v) is 2.97. The number of nitrogens with two attached hydrogens (primary N) is 1. The van der Waals surface area contributed by atoms with Gasteiger partial charge < -0.3 is 16.4 Å². The maximum Gasteiger partial charge on any atom is 0.325 e. The molecule has 29 heavy (non-hydrogen) atoms. The van der Waals surface area contributed by atoms with Crippen LogP contribution in [0.15, 0.2) is 42.5 Å². The second-order valence-corrected chi connectivity index (χ2v) is 6.56. The van der Waals surface area contributed by atoms with E-state index in [1.165, 1.54) is 31.2 Å². The number of benzene rings is 2. The lowest BCUT2D eigenvalue weighted by Crippen LogP contribution is -2.42. The fourth-order valence-electron chi connectivity index (χ4n) is 2.97. The van der Waals surface area contributed by atoms with Gasteiger partial charge in [0, 0.05) is 16.8 Å². The topological polar surface area (TPSA) is 122 Å². The Hall–Kier alpha value is -3.82. The summed E-state index contributed by atoms with van der Waals surface area (Å²) in [4.78, 5) is 48.9. The highest BCUT2D eigenvalue weighted by Crippen LogP contribution is 2.31. The summed E-state index contributed by atoms with van der Waals surface area (Å²) in [6.45, 7) is 0.584. The third-order valence-corrected chi connectivity index (χ3v) is 4.50. The molecule has 150 valence electrons. The van der Waals surface area contributed by atoms with Crippen LogP contribution in [0.3, 0.4) is 0 Å². The van der Waals surface area contributed by atoms with Crippen molar-refractivity contribution >= 4 is 29.4 Å². The quantitative estimate of drug-likeness (QED) is 0.656. The first-order valence-electron chi connectivity index (χ1n) is 8.41. The number of carbonyl (C=O) groups excluding carboxylic acids is 4. The average molecular weight is 402 g/mol. The number of carbonyl (C=O) groups is 4. The number of anilines is 1. The van der Waals surface area contributed by atoms with Gasteiger partial charge in [-0.25, -0.2) is 13.6 Å². The molecule has 0 saturated carbocycles. The number of imide groups is 1. The molecule has 2 aromatic carbocycles. The van der Waals surface area contributed by atoms with Gasteiger partial charge in [0.05, 0.1) is 0 Å². The monoisotopic (exact) mass is 402 g/mol. The van der Waals surface area contributed by atoms with Crippen molar-refractivity contribution in [1.82, 2.24) is 10.2 Å². The molecule has 2 aromatic rings. The first-order valence-corrected chi connectivity index (χ1v) is 8.41. The van der Waals surface area contributed by atoms with E-state index < -0.39 is 47.5 Å². The summed E-state index contributed by atoms with van der Waals surface area (Å²) in [6, 6.07) is 7.29. The normalized spacial score (nSPS) is 18.5. The smallest absolute Gasteiger partial charge is 0.325 e. The van der Waals surface area contributed by atoms with Crippen molar-refractivity contribution in [3.8, 4) is 0 Å². The molecule has 0 spiro atoms. The number of hydrogen-bond acceptors (Lipinski definition) is 4. The predicted molar refractivity (Wildman–Crippen MR) is 97.5 cm³/mol. The Bertz CT molecular complexity index is 1030. The first kappa shape index (κ1) is 19.9. The summed E-state index contributed by atoms with van der Waals surface area (Å²) in [5.41, 5.74) is 3.48. The molecule has 8 nitrogen and oxygen atoms in total. The van der Waals surface area contributed by atoms with E-state index in [-0.39, 0.29) is 11.1 Å². The minimum absolute atomic E-state index is 0.241. The van der Waals surface area contributed by atoms with Gasteiger partial charge in [-0.2, -0.15) is 0 Å². The van der Waals surface area contributed by atoms with Crippen LogP contribution in [0.1, 0.15) is 22.8 Å². The average Bonchev–Trinajstić information content (AvgIpc) is 2.88. The summed E-state index contributed by atoms with van der Waals surface area (Å²) in [5, 5.41) is 4.77. The van der Waals surface area contributed by atoms with Crippen molar-refractivity contribution in [2.24, 2.45) is 5.73 Å². The van der Waals surface area contributed by atoms with E-state index in [9.17, 15) is 28.0 Å². The first-order chi connectivity index (χ1) is 13.6. The lowest BCUT2D eigenvalue weighted by molar-refractivity contribution is -0.133. The van der Waals surface area contributed by atoms with Gasteiger partial charge in [0.25, 0.3) is 5.91 Å². The molecule has 1 atom stereocenters. The highest BCUT2D eigenvalue weighted by molar-refractivity contribution is 6.10. The Morgan fingerprint density at radius 1 is 1.14 bits per heavy atom. The molecule has 0 aliphatic carbocycles. The number of nitrogens with zero attached hydrogens (tertiary/aromatic N) is 1. The summed E-state index contributed by atoms with van der Waals surface area (Å²) in [7, 11) is 0. The molecule has 1 saturated heterocycles. The van der Waals surface area contributed by atoms with Gasteiger partial charge >= 0.3 is 6.03 Å². The third-order valence-electron chi connectivity index (χ3n) is 4.50. The number of urea groups is 1. The van der Waals surface area contributed by atoms with Crippen molar-refractivity contribution < 1.29 is 28.0 Å². The van der Waals surface area contributed by atoms with E-state index in [0.29, 0.717) is 10.6 Å². The Balaban J connectivity index is 1.75. The van der Waals surface area contributed by atoms with Gasteiger partial charge in [0.15, 0.2) is 0 Å². The van der Waals surface area contributed by atoms with Gasteiger partial charge in [0.1, 0.15) is 23.7 Å². The van der Waals surface area contributed by atoms with Crippen molar-refractivity contribution in [1.29, 1.82) is 0 Å². The van der Waals surface area contributed by atoms with Crippen LogP contribution < -0.4 is 16.4 Å². The highest BCUT2D eigenvalue weighted by Gasteiger charge is 2.50. The molecule has 0 unspecified atom stereocenters. The van der Waals surface area contributed by atoms with Crippen molar-refractivity contribution in [3.63, 3.8) is 0 Å². The number of rotatable bonds is 5. The minimum Gasteiger partial charge on any atom is -0.366 e. The number of nitrogens with one attached hydrogen (secondary N) is 2. The van der Waals surface area contributed by atoms with Gasteiger partial charge in [-0.1, -0.05) is 0 Å². The molecule has 3 rings (SSSR count). The molecule has 4 N–H and O–H groups in total. The van der Waals surface area contributed by atoms with Gasteiger partial charge in [-0.3, -0.25) is 19.3 Å². The second kappa shape index (κ2) is 7.30. The van der Waals surface area contributed by atoms with E-state index >= 15 is 0 Å². The molecule has 0 aromatic heterocycles. The van der Waals surface area contributed by atoms with Crippen LogP contribution in [-0.2, 0) is 15.1 Å². The summed E-state index contributed by atoms with van der Waals surface area (Å²) in [6.07, 6.45) is 0. The second-order valence-electron chi connectivity index (χ2n) is 6.56. The molecule has 1 fully saturated rings. The minimum atomic E-state index is -1.85. The largest absolute Gasteiger partial charge is 0.366 e. The molecule has 10 heteroatoms. The van der Waals surface area contributed by atoms with Gasteiger partial charge in [-0.15, -0.1) is 0 Å². The number of hydrogen-bond donors (Lipinski definition) is 3. The molecule has 1 heterocycles. The molecule has 1 aliphatic heterocycles. The van der Waals surface area contributed by atoms with Crippen LogP contribution in [0.4, 0.5) is 19.3 Å². The maximum atomic E-state index is 14.1. The molecule has 0 radical (unpaired) electrons. The fraction of sp³-hybridized carbons (Fsp3) is 0.158. The summed E-state index contributed by atoms with van der Waals surface area (Å²) < 4.78 is 27.7. The number of amides is 5. The van der Waals surface area contributed by atoms with Crippen LogP contribution in [0.5, 0.6) is 0 Å². The number of halogens is 2. The van der Waals surface area contributed by atoms with Crippen LogP contribution in [0.25, 0.3) is 0 Å². The molecule has 5 amide bonds. The Kier molecular flexibility index (Phi) is 5.02. The molecule has 1 aliphatic rings. The summed E-state index contributed by atoms with van der Waals surface area (Å²) in [5.74, 6) is -3.88.